The monoisotopic (exact) mass is 281 g/mol. The summed E-state index contributed by atoms with van der Waals surface area (Å²) in [5.41, 5.74) is 9.00. The number of hydrogen-bond acceptors (Lipinski definition) is 3. The molecule has 1 aliphatic carbocycles. The first-order valence-electron chi connectivity index (χ1n) is 7.25. The number of amides is 1. The molecular formula is C17H19N3O. The summed E-state index contributed by atoms with van der Waals surface area (Å²) >= 11 is 0. The molecule has 2 aromatic carbocycles. The number of carbonyl (C=O) groups is 1. The van der Waals surface area contributed by atoms with E-state index in [2.05, 4.69) is 10.6 Å². The van der Waals surface area contributed by atoms with Crippen molar-refractivity contribution in [3.05, 3.63) is 54.1 Å². The molecular weight excluding hydrogens is 262 g/mol. The van der Waals surface area contributed by atoms with E-state index in [0.29, 0.717) is 17.3 Å². The van der Waals surface area contributed by atoms with Gasteiger partial charge in [0.2, 0.25) is 0 Å². The third-order valence-corrected chi connectivity index (χ3v) is 3.81. The van der Waals surface area contributed by atoms with Gasteiger partial charge in [0, 0.05) is 17.3 Å². The molecule has 108 valence electrons. The number of benzene rings is 2. The Morgan fingerprint density at radius 2 is 1.86 bits per heavy atom. The fraction of sp³-hybridized carbons (Fsp3) is 0.235. The largest absolute Gasteiger partial charge is 0.397 e. The fourth-order valence-electron chi connectivity index (χ4n) is 2.32. The van der Waals surface area contributed by atoms with Crippen molar-refractivity contribution in [2.45, 2.75) is 25.3 Å². The molecule has 1 fully saturated rings. The third kappa shape index (κ3) is 3.16. The lowest BCUT2D eigenvalue weighted by Gasteiger charge is -2.26. The number of carbonyl (C=O) groups excluding carboxylic acids is 1. The van der Waals surface area contributed by atoms with Gasteiger partial charge in [-0.15, -0.1) is 0 Å². The van der Waals surface area contributed by atoms with Crippen LogP contribution in [0.3, 0.4) is 0 Å². The van der Waals surface area contributed by atoms with Gasteiger partial charge in [0.1, 0.15) is 0 Å². The maximum absolute atomic E-state index is 12.1. The maximum Gasteiger partial charge on any atom is 0.251 e. The van der Waals surface area contributed by atoms with Gasteiger partial charge in [-0.05, 0) is 49.6 Å². The lowest BCUT2D eigenvalue weighted by Crippen LogP contribution is -2.39. The van der Waals surface area contributed by atoms with E-state index in [1.54, 1.807) is 12.1 Å². The zero-order valence-electron chi connectivity index (χ0n) is 11.8. The van der Waals surface area contributed by atoms with Crippen LogP contribution in [-0.4, -0.2) is 11.9 Å². The molecule has 0 aliphatic heterocycles. The van der Waals surface area contributed by atoms with Gasteiger partial charge >= 0.3 is 0 Å². The van der Waals surface area contributed by atoms with Gasteiger partial charge in [-0.3, -0.25) is 4.79 Å². The number of nitrogens with one attached hydrogen (secondary N) is 2. The summed E-state index contributed by atoms with van der Waals surface area (Å²) in [6.45, 7) is 0. The average Bonchev–Trinajstić information content (AvgIpc) is 2.46. The minimum Gasteiger partial charge on any atom is -0.397 e. The molecule has 0 saturated heterocycles. The van der Waals surface area contributed by atoms with Crippen LogP contribution in [0.25, 0.3) is 0 Å². The van der Waals surface area contributed by atoms with Crippen LogP contribution >= 0.6 is 0 Å². The molecule has 0 unspecified atom stereocenters. The zero-order chi connectivity index (χ0) is 14.7. The second-order valence-corrected chi connectivity index (χ2v) is 5.39. The molecule has 4 nitrogen and oxygen atoms in total. The lowest BCUT2D eigenvalue weighted by atomic mass is 9.93. The Bertz CT molecular complexity index is 636. The summed E-state index contributed by atoms with van der Waals surface area (Å²) in [6.07, 6.45) is 3.36. The highest BCUT2D eigenvalue weighted by Crippen LogP contribution is 2.25. The molecule has 4 N–H and O–H groups in total. The van der Waals surface area contributed by atoms with Crippen LogP contribution in [-0.2, 0) is 0 Å². The Kier molecular flexibility index (Phi) is 3.77. The van der Waals surface area contributed by atoms with Crippen LogP contribution in [0.15, 0.2) is 48.5 Å². The number of anilines is 3. The predicted octanol–water partition coefficient (Wildman–Crippen LogP) is 3.29. The van der Waals surface area contributed by atoms with Crippen molar-refractivity contribution in [2.75, 3.05) is 11.1 Å². The van der Waals surface area contributed by atoms with Crippen molar-refractivity contribution >= 4 is 23.0 Å². The van der Waals surface area contributed by atoms with Crippen molar-refractivity contribution in [1.29, 1.82) is 0 Å². The first-order chi connectivity index (χ1) is 10.2. The molecule has 1 saturated carbocycles. The van der Waals surface area contributed by atoms with E-state index in [-0.39, 0.29) is 5.91 Å². The molecule has 0 bridgehead atoms. The Morgan fingerprint density at radius 1 is 1.10 bits per heavy atom. The molecule has 0 heterocycles. The van der Waals surface area contributed by atoms with Crippen LogP contribution < -0.4 is 16.4 Å². The van der Waals surface area contributed by atoms with Crippen molar-refractivity contribution < 1.29 is 4.79 Å². The van der Waals surface area contributed by atoms with E-state index in [0.717, 1.165) is 24.2 Å². The highest BCUT2D eigenvalue weighted by Gasteiger charge is 2.20. The second kappa shape index (κ2) is 5.87. The molecule has 21 heavy (non-hydrogen) atoms. The topological polar surface area (TPSA) is 67.2 Å². The summed E-state index contributed by atoms with van der Waals surface area (Å²) < 4.78 is 0. The fourth-order valence-corrected chi connectivity index (χ4v) is 2.32. The summed E-state index contributed by atoms with van der Waals surface area (Å²) in [6, 6.07) is 15.5. The van der Waals surface area contributed by atoms with E-state index in [1.807, 2.05) is 36.4 Å². The third-order valence-electron chi connectivity index (χ3n) is 3.81. The quantitative estimate of drug-likeness (QED) is 0.753. The minimum absolute atomic E-state index is 0.0438. The van der Waals surface area contributed by atoms with Crippen molar-refractivity contribution in [2.24, 2.45) is 0 Å². The summed E-state index contributed by atoms with van der Waals surface area (Å²) in [5, 5.41) is 6.26. The Labute approximate surface area is 124 Å². The molecule has 0 aromatic heterocycles. The number of nitrogens with two attached hydrogens (primary N) is 1. The molecule has 2 aromatic rings. The first-order valence-corrected chi connectivity index (χ1v) is 7.25. The van der Waals surface area contributed by atoms with E-state index in [9.17, 15) is 4.79 Å². The van der Waals surface area contributed by atoms with Crippen LogP contribution in [0.5, 0.6) is 0 Å². The van der Waals surface area contributed by atoms with E-state index in [1.165, 1.54) is 6.42 Å². The second-order valence-electron chi connectivity index (χ2n) is 5.39. The minimum atomic E-state index is -0.0438. The predicted molar refractivity (Wildman–Crippen MR) is 85.7 cm³/mol. The number of rotatable bonds is 4. The Balaban J connectivity index is 1.71. The first kappa shape index (κ1) is 13.5. The Morgan fingerprint density at radius 3 is 2.48 bits per heavy atom. The molecule has 0 spiro atoms. The molecule has 4 heteroatoms. The summed E-state index contributed by atoms with van der Waals surface area (Å²) in [7, 11) is 0. The molecule has 1 amide bonds. The van der Waals surface area contributed by atoms with Gasteiger partial charge in [0.05, 0.1) is 11.4 Å². The lowest BCUT2D eigenvalue weighted by molar-refractivity contribution is 0.0917. The van der Waals surface area contributed by atoms with Gasteiger partial charge in [-0.1, -0.05) is 18.2 Å². The average molecular weight is 281 g/mol. The molecule has 3 rings (SSSR count). The number of para-hydroxylation sites is 1. The molecule has 0 atom stereocenters. The summed E-state index contributed by atoms with van der Waals surface area (Å²) in [4.78, 5) is 12.1. The summed E-state index contributed by atoms with van der Waals surface area (Å²) in [5.74, 6) is -0.0438. The molecule has 1 aliphatic rings. The Hall–Kier alpha value is -2.49. The standard InChI is InChI=1S/C17H19N3O/c18-15-11-12(17(21)20-14-7-4-8-14)9-10-16(15)19-13-5-2-1-3-6-13/h1-3,5-6,9-11,14,19H,4,7-8,18H2,(H,20,21). The normalized spacial score (nSPS) is 14.3. The number of hydrogen-bond donors (Lipinski definition) is 3. The zero-order valence-corrected chi connectivity index (χ0v) is 11.8. The smallest absolute Gasteiger partial charge is 0.251 e. The van der Waals surface area contributed by atoms with Crippen molar-refractivity contribution in [3.8, 4) is 0 Å². The van der Waals surface area contributed by atoms with Crippen LogP contribution in [0.2, 0.25) is 0 Å². The van der Waals surface area contributed by atoms with Crippen molar-refractivity contribution in [3.63, 3.8) is 0 Å². The van der Waals surface area contributed by atoms with Gasteiger partial charge in [-0.25, -0.2) is 0 Å². The van der Waals surface area contributed by atoms with Crippen LogP contribution in [0, 0.1) is 0 Å². The van der Waals surface area contributed by atoms with E-state index >= 15 is 0 Å². The highest BCUT2D eigenvalue weighted by molar-refractivity contribution is 5.96. The van der Waals surface area contributed by atoms with E-state index in [4.69, 9.17) is 5.73 Å². The van der Waals surface area contributed by atoms with Crippen LogP contribution in [0.4, 0.5) is 17.1 Å². The van der Waals surface area contributed by atoms with E-state index < -0.39 is 0 Å². The van der Waals surface area contributed by atoms with Gasteiger partial charge < -0.3 is 16.4 Å². The van der Waals surface area contributed by atoms with Gasteiger partial charge in [0.15, 0.2) is 0 Å². The van der Waals surface area contributed by atoms with Crippen LogP contribution in [0.1, 0.15) is 29.6 Å². The number of nitrogen functional groups attached to an aromatic ring is 1. The maximum atomic E-state index is 12.1. The SMILES string of the molecule is Nc1cc(C(=O)NC2CCC2)ccc1Nc1ccccc1. The van der Waals surface area contributed by atoms with Gasteiger partial charge in [0.25, 0.3) is 5.91 Å². The highest BCUT2D eigenvalue weighted by atomic mass is 16.1. The van der Waals surface area contributed by atoms with Crippen molar-refractivity contribution in [1.82, 2.24) is 5.32 Å². The molecule has 0 radical (unpaired) electrons. The van der Waals surface area contributed by atoms with Gasteiger partial charge in [-0.2, -0.15) is 0 Å².